The Balaban J connectivity index is 1.15. The summed E-state index contributed by atoms with van der Waals surface area (Å²) in [6.45, 7) is 0. The van der Waals surface area contributed by atoms with Crippen LogP contribution in [0.1, 0.15) is 0 Å². The average Bonchev–Trinajstić information content (AvgIpc) is 4.05. The lowest BCUT2D eigenvalue weighted by Gasteiger charge is -2.15. The van der Waals surface area contributed by atoms with Crippen molar-refractivity contribution in [2.24, 2.45) is 0 Å². The van der Waals surface area contributed by atoms with Crippen LogP contribution in [-0.2, 0) is 0 Å². The van der Waals surface area contributed by atoms with Crippen LogP contribution < -0.4 is 0 Å². The number of aromatic nitrogens is 6. The number of nitrogens with zero attached hydrogens (tertiary/aromatic N) is 6. The zero-order valence-electron chi connectivity index (χ0n) is 33.7. The molecule has 0 radical (unpaired) electrons. The first-order chi connectivity index (χ1) is 31.3. The third-order valence-electron chi connectivity index (χ3n) is 12.2. The molecule has 63 heavy (non-hydrogen) atoms. The lowest BCUT2D eigenvalue weighted by Crippen LogP contribution is -2.07. The molecule has 4 heterocycles. The summed E-state index contributed by atoms with van der Waals surface area (Å²) in [5.41, 5.74) is 11.4. The van der Waals surface area contributed by atoms with Crippen LogP contribution in [0.3, 0.4) is 0 Å². The predicted molar refractivity (Wildman–Crippen MR) is 255 cm³/mol. The summed E-state index contributed by atoms with van der Waals surface area (Å²) < 4.78 is 11.2. The second-order valence-electron chi connectivity index (χ2n) is 15.8. The summed E-state index contributed by atoms with van der Waals surface area (Å²) in [5, 5.41) is 6.67. The topological polar surface area (TPSA) is 74.6 Å². The minimum Gasteiger partial charge on any atom is -0.435 e. The molecule has 294 valence electrons. The molecular weight excluding hydrogens is 773 g/mol. The number of oxazole rings is 1. The molecule has 13 aromatic rings. The van der Waals surface area contributed by atoms with Crippen LogP contribution in [-0.4, -0.2) is 29.1 Å². The third kappa shape index (κ3) is 5.46. The van der Waals surface area contributed by atoms with Gasteiger partial charge in [0.15, 0.2) is 17.2 Å². The van der Waals surface area contributed by atoms with Gasteiger partial charge in [-0.05, 0) is 76.5 Å². The first-order valence-electron chi connectivity index (χ1n) is 21.1. The summed E-state index contributed by atoms with van der Waals surface area (Å²) in [6.07, 6.45) is 0. The second kappa shape index (κ2) is 13.9. The van der Waals surface area contributed by atoms with E-state index in [1.807, 2.05) is 54.6 Å². The minimum atomic E-state index is 0.481. The van der Waals surface area contributed by atoms with Crippen molar-refractivity contribution < 1.29 is 4.42 Å². The molecule has 13 rings (SSSR count). The van der Waals surface area contributed by atoms with E-state index in [-0.39, 0.29) is 0 Å². The summed E-state index contributed by atoms with van der Waals surface area (Å²) in [5.74, 6) is 2.06. The molecule has 0 aliphatic heterocycles. The monoisotopic (exact) mass is 806 g/mol. The highest BCUT2D eigenvalue weighted by Gasteiger charge is 2.25. The van der Waals surface area contributed by atoms with E-state index < -0.39 is 0 Å². The molecule has 7 heteroatoms. The van der Waals surface area contributed by atoms with Crippen LogP contribution >= 0.6 is 0 Å². The molecule has 0 unspecified atom stereocenters. The van der Waals surface area contributed by atoms with Crippen LogP contribution in [0.5, 0.6) is 0 Å². The van der Waals surface area contributed by atoms with Crippen LogP contribution in [0.15, 0.2) is 211 Å². The van der Waals surface area contributed by atoms with Gasteiger partial charge in [0.2, 0.25) is 11.8 Å². The first kappa shape index (κ1) is 35.1. The molecule has 0 fully saturated rings. The Morgan fingerprint density at radius 1 is 0.333 bits per heavy atom. The SMILES string of the molecule is c1ccc(-c2nc3cccc(-c4nc(-c5ccc(-c6ccccc6)c6ccccc56)nc(-n5c6ccccc6c6ccc7c8ccccc8n(-c8ccccc8)c7c65)n4)c3o2)cc1. The molecule has 0 bridgehead atoms. The van der Waals surface area contributed by atoms with Gasteiger partial charge in [-0.15, -0.1) is 0 Å². The smallest absolute Gasteiger partial charge is 0.238 e. The number of hydrogen-bond donors (Lipinski definition) is 0. The van der Waals surface area contributed by atoms with E-state index in [0.29, 0.717) is 29.1 Å². The second-order valence-corrected chi connectivity index (χ2v) is 15.8. The lowest BCUT2D eigenvalue weighted by atomic mass is 9.95. The Hall–Kier alpha value is -8.68. The fourth-order valence-corrected chi connectivity index (χ4v) is 9.45. The van der Waals surface area contributed by atoms with E-state index in [9.17, 15) is 0 Å². The molecule has 0 spiro atoms. The van der Waals surface area contributed by atoms with E-state index >= 15 is 0 Å². The van der Waals surface area contributed by atoms with Crippen molar-refractivity contribution in [2.45, 2.75) is 0 Å². The van der Waals surface area contributed by atoms with Gasteiger partial charge in [0.25, 0.3) is 0 Å². The fourth-order valence-electron chi connectivity index (χ4n) is 9.45. The number of rotatable bonds is 6. The van der Waals surface area contributed by atoms with Crippen LogP contribution in [0.2, 0.25) is 0 Å². The normalized spacial score (nSPS) is 11.8. The largest absolute Gasteiger partial charge is 0.435 e. The van der Waals surface area contributed by atoms with E-state index in [4.69, 9.17) is 24.4 Å². The molecule has 0 N–H and O–H groups in total. The molecule has 0 aliphatic rings. The van der Waals surface area contributed by atoms with Crippen molar-refractivity contribution in [3.8, 4) is 57.0 Å². The van der Waals surface area contributed by atoms with Crippen molar-refractivity contribution >= 4 is 65.5 Å². The summed E-state index contributed by atoms with van der Waals surface area (Å²) in [7, 11) is 0. The van der Waals surface area contributed by atoms with E-state index in [1.54, 1.807) is 0 Å². The molecule has 0 amide bonds. The minimum absolute atomic E-state index is 0.481. The Labute approximate surface area is 360 Å². The van der Waals surface area contributed by atoms with Crippen LogP contribution in [0, 0.1) is 0 Å². The maximum absolute atomic E-state index is 6.63. The lowest BCUT2D eigenvalue weighted by molar-refractivity contribution is 0.620. The average molecular weight is 807 g/mol. The number of fused-ring (bicyclic) bond motifs is 9. The van der Waals surface area contributed by atoms with Gasteiger partial charge >= 0.3 is 0 Å². The van der Waals surface area contributed by atoms with Crippen molar-refractivity contribution in [3.05, 3.63) is 206 Å². The van der Waals surface area contributed by atoms with Gasteiger partial charge in [-0.1, -0.05) is 152 Å². The first-order valence-corrected chi connectivity index (χ1v) is 21.1. The predicted octanol–water partition coefficient (Wildman–Crippen LogP) is 14.0. The van der Waals surface area contributed by atoms with Crippen molar-refractivity contribution in [2.75, 3.05) is 0 Å². The zero-order chi connectivity index (χ0) is 41.4. The van der Waals surface area contributed by atoms with Gasteiger partial charge in [0, 0.05) is 38.4 Å². The van der Waals surface area contributed by atoms with E-state index in [1.165, 1.54) is 5.39 Å². The van der Waals surface area contributed by atoms with Crippen molar-refractivity contribution in [1.82, 2.24) is 29.1 Å². The number of para-hydroxylation sites is 4. The third-order valence-corrected chi connectivity index (χ3v) is 12.2. The number of hydrogen-bond acceptors (Lipinski definition) is 5. The zero-order valence-corrected chi connectivity index (χ0v) is 33.7. The fraction of sp³-hybridized carbons (Fsp3) is 0. The van der Waals surface area contributed by atoms with E-state index in [0.717, 1.165) is 88.0 Å². The van der Waals surface area contributed by atoms with Gasteiger partial charge in [-0.2, -0.15) is 9.97 Å². The Kier molecular flexibility index (Phi) is 7.77. The molecule has 0 aliphatic carbocycles. The molecule has 0 saturated heterocycles. The molecule has 4 aromatic heterocycles. The highest BCUT2D eigenvalue weighted by Crippen LogP contribution is 2.43. The Morgan fingerprint density at radius 3 is 1.54 bits per heavy atom. The van der Waals surface area contributed by atoms with Gasteiger partial charge in [0.1, 0.15) is 5.52 Å². The summed E-state index contributed by atoms with van der Waals surface area (Å²) >= 11 is 0. The van der Waals surface area contributed by atoms with Gasteiger partial charge in [0.05, 0.1) is 27.6 Å². The summed E-state index contributed by atoms with van der Waals surface area (Å²) in [6, 6.07) is 71.6. The molecule has 9 aromatic carbocycles. The molecule has 7 nitrogen and oxygen atoms in total. The van der Waals surface area contributed by atoms with E-state index in [2.05, 4.69) is 161 Å². The molecule has 0 atom stereocenters. The quantitative estimate of drug-likeness (QED) is 0.167. The number of benzene rings is 9. The molecule has 0 saturated carbocycles. The Bertz CT molecular complexity index is 3910. The van der Waals surface area contributed by atoms with Gasteiger partial charge < -0.3 is 8.98 Å². The highest BCUT2D eigenvalue weighted by molar-refractivity contribution is 6.23. The maximum Gasteiger partial charge on any atom is 0.238 e. The van der Waals surface area contributed by atoms with Crippen molar-refractivity contribution in [3.63, 3.8) is 0 Å². The summed E-state index contributed by atoms with van der Waals surface area (Å²) in [4.78, 5) is 21.3. The standard InChI is InChI=1S/C56H34N6O/c1-4-17-35(18-5-1)38-31-34-45(40-24-11-10-23-39(38)40)53-58-54(46-27-16-28-47-52(46)63-55(57-47)36-19-6-2-7-20-36)60-56(59-53)62-49-30-15-13-26-42(49)44-33-32-43-41-25-12-14-29-48(41)61(50(43)51(44)62)37-21-8-3-9-22-37/h1-34H. The van der Waals surface area contributed by atoms with Crippen molar-refractivity contribution in [1.29, 1.82) is 0 Å². The van der Waals surface area contributed by atoms with Crippen LogP contribution in [0.25, 0.3) is 122 Å². The highest BCUT2D eigenvalue weighted by atomic mass is 16.3. The Morgan fingerprint density at radius 2 is 0.857 bits per heavy atom. The van der Waals surface area contributed by atoms with Crippen LogP contribution in [0.4, 0.5) is 0 Å². The van der Waals surface area contributed by atoms with Gasteiger partial charge in [-0.25, -0.2) is 9.97 Å². The van der Waals surface area contributed by atoms with Gasteiger partial charge in [-0.3, -0.25) is 4.57 Å². The maximum atomic E-state index is 6.63. The molecular formula is C56H34N6O.